The summed E-state index contributed by atoms with van der Waals surface area (Å²) in [6.07, 6.45) is 1.67. The average Bonchev–Trinajstić information content (AvgIpc) is 2.48. The van der Waals surface area contributed by atoms with Gasteiger partial charge < -0.3 is 16.0 Å². The summed E-state index contributed by atoms with van der Waals surface area (Å²) in [7, 11) is 3.85. The average molecular weight is 429 g/mol. The number of nitrogens with two attached hydrogens (primary N) is 1. The molecule has 0 fully saturated rings. The van der Waals surface area contributed by atoms with E-state index in [9.17, 15) is 4.39 Å². The molecule has 7 heteroatoms. The number of nitrogens with one attached hydrogen (secondary N) is 1. The van der Waals surface area contributed by atoms with Crippen LogP contribution in [0.25, 0.3) is 0 Å². The van der Waals surface area contributed by atoms with Crippen LogP contribution in [0.2, 0.25) is 0 Å². The summed E-state index contributed by atoms with van der Waals surface area (Å²) in [5, 5.41) is 2.92. The van der Waals surface area contributed by atoms with Crippen molar-refractivity contribution < 1.29 is 4.39 Å². The van der Waals surface area contributed by atoms with Crippen LogP contribution in [0.15, 0.2) is 53.7 Å². The van der Waals surface area contributed by atoms with E-state index >= 15 is 0 Å². The molecule has 0 radical (unpaired) electrons. The normalized spacial score (nSPS) is 12.6. The van der Waals surface area contributed by atoms with Gasteiger partial charge in [-0.3, -0.25) is 4.99 Å². The molecule has 0 amide bonds. The highest BCUT2D eigenvalue weighted by Gasteiger charge is 2.14. The summed E-state index contributed by atoms with van der Waals surface area (Å²) < 4.78 is 13.4. The lowest BCUT2D eigenvalue weighted by Crippen LogP contribution is -2.27. The number of rotatable bonds is 5. The minimum Gasteiger partial charge on any atom is -0.370 e. The molecule has 0 spiro atoms. The summed E-state index contributed by atoms with van der Waals surface area (Å²) in [5.41, 5.74) is 6.73. The SMILES string of the molecule is CN(C)C(CN=C(N)Nc1ccccn1)c1cccc(F)c1.I. The van der Waals surface area contributed by atoms with Gasteiger partial charge in [-0.1, -0.05) is 18.2 Å². The van der Waals surface area contributed by atoms with Gasteiger partial charge in [-0.25, -0.2) is 9.37 Å². The molecule has 0 saturated carbocycles. The van der Waals surface area contributed by atoms with E-state index in [0.717, 1.165) is 5.56 Å². The van der Waals surface area contributed by atoms with Crippen LogP contribution in [0.4, 0.5) is 10.2 Å². The maximum absolute atomic E-state index is 13.4. The molecular weight excluding hydrogens is 408 g/mol. The van der Waals surface area contributed by atoms with Crippen molar-refractivity contribution in [1.82, 2.24) is 9.88 Å². The summed E-state index contributed by atoms with van der Waals surface area (Å²) in [4.78, 5) is 10.4. The standard InChI is InChI=1S/C16H20FN5.HI/c1-22(2)14(12-6-5-7-13(17)10-12)11-20-16(18)21-15-8-3-4-9-19-15;/h3-10,14H,11H2,1-2H3,(H3,18,19,20,21);1H. The molecule has 23 heavy (non-hydrogen) atoms. The third-order valence-electron chi connectivity index (χ3n) is 3.21. The van der Waals surface area contributed by atoms with Crippen LogP contribution in [0.5, 0.6) is 0 Å². The zero-order valence-corrected chi connectivity index (χ0v) is 15.4. The predicted molar refractivity (Wildman–Crippen MR) is 103 cm³/mol. The highest BCUT2D eigenvalue weighted by Crippen LogP contribution is 2.19. The van der Waals surface area contributed by atoms with Gasteiger partial charge in [0.2, 0.25) is 0 Å². The molecule has 2 aromatic rings. The number of benzene rings is 1. The Kier molecular flexibility index (Phi) is 7.90. The maximum Gasteiger partial charge on any atom is 0.194 e. The molecule has 5 nitrogen and oxygen atoms in total. The molecule has 1 aromatic carbocycles. The zero-order valence-electron chi connectivity index (χ0n) is 13.1. The van der Waals surface area contributed by atoms with Crippen molar-refractivity contribution in [2.45, 2.75) is 6.04 Å². The first-order valence-corrected chi connectivity index (χ1v) is 6.96. The number of anilines is 1. The molecule has 0 bridgehead atoms. The Morgan fingerprint density at radius 3 is 2.70 bits per heavy atom. The quantitative estimate of drug-likeness (QED) is 0.436. The molecule has 0 saturated heterocycles. The molecule has 124 valence electrons. The number of aromatic nitrogens is 1. The van der Waals surface area contributed by atoms with Crippen molar-refractivity contribution in [3.8, 4) is 0 Å². The van der Waals surface area contributed by atoms with Gasteiger partial charge in [-0.2, -0.15) is 0 Å². The summed E-state index contributed by atoms with van der Waals surface area (Å²) >= 11 is 0. The molecule has 2 rings (SSSR count). The Balaban J connectivity index is 0.00000264. The van der Waals surface area contributed by atoms with Crippen molar-refractivity contribution >= 4 is 35.8 Å². The second kappa shape index (κ2) is 9.41. The Bertz CT molecular complexity index is 633. The van der Waals surface area contributed by atoms with Crippen molar-refractivity contribution in [2.75, 3.05) is 26.0 Å². The molecule has 1 aromatic heterocycles. The van der Waals surface area contributed by atoms with Crippen molar-refractivity contribution in [2.24, 2.45) is 10.7 Å². The van der Waals surface area contributed by atoms with E-state index in [-0.39, 0.29) is 41.8 Å². The van der Waals surface area contributed by atoms with Crippen molar-refractivity contribution in [3.63, 3.8) is 0 Å². The number of halogens is 2. The lowest BCUT2D eigenvalue weighted by molar-refractivity contribution is 0.306. The van der Waals surface area contributed by atoms with Gasteiger partial charge in [0.1, 0.15) is 11.6 Å². The third-order valence-corrected chi connectivity index (χ3v) is 3.21. The largest absolute Gasteiger partial charge is 0.370 e. The predicted octanol–water partition coefficient (Wildman–Crippen LogP) is 2.87. The van der Waals surface area contributed by atoms with Gasteiger partial charge >= 0.3 is 0 Å². The smallest absolute Gasteiger partial charge is 0.194 e. The van der Waals surface area contributed by atoms with Gasteiger partial charge in [0.15, 0.2) is 5.96 Å². The molecule has 1 unspecified atom stereocenters. The van der Waals surface area contributed by atoms with E-state index < -0.39 is 0 Å². The van der Waals surface area contributed by atoms with Gasteiger partial charge in [0.05, 0.1) is 12.6 Å². The second-order valence-electron chi connectivity index (χ2n) is 5.10. The lowest BCUT2D eigenvalue weighted by Gasteiger charge is -2.23. The topological polar surface area (TPSA) is 66.5 Å². The van der Waals surface area contributed by atoms with Crippen LogP contribution in [-0.2, 0) is 0 Å². The summed E-state index contributed by atoms with van der Waals surface area (Å²) in [5.74, 6) is 0.658. The minimum absolute atomic E-state index is 0. The van der Waals surface area contributed by atoms with Gasteiger partial charge in [-0.15, -0.1) is 24.0 Å². The van der Waals surface area contributed by atoms with Crippen LogP contribution in [0.3, 0.4) is 0 Å². The minimum atomic E-state index is -0.257. The summed E-state index contributed by atoms with van der Waals surface area (Å²) in [6, 6.07) is 12.0. The molecule has 1 heterocycles. The monoisotopic (exact) mass is 429 g/mol. The fraction of sp³-hybridized carbons (Fsp3) is 0.250. The first kappa shape index (κ1) is 19.3. The highest BCUT2D eigenvalue weighted by molar-refractivity contribution is 14.0. The first-order chi connectivity index (χ1) is 10.6. The Morgan fingerprint density at radius 1 is 1.30 bits per heavy atom. The molecule has 1 atom stereocenters. The van der Waals surface area contributed by atoms with E-state index in [4.69, 9.17) is 5.73 Å². The fourth-order valence-electron chi connectivity index (χ4n) is 2.07. The van der Waals surface area contributed by atoms with Crippen LogP contribution in [0, 0.1) is 5.82 Å². The third kappa shape index (κ3) is 6.11. The summed E-state index contributed by atoms with van der Waals surface area (Å²) in [6.45, 7) is 0.419. The second-order valence-corrected chi connectivity index (χ2v) is 5.10. The van der Waals surface area contributed by atoms with Gasteiger partial charge in [-0.05, 0) is 43.9 Å². The van der Waals surface area contributed by atoms with Crippen LogP contribution in [0.1, 0.15) is 11.6 Å². The molecule has 0 aliphatic heterocycles. The molecule has 0 aliphatic carbocycles. The van der Waals surface area contributed by atoms with E-state index in [1.165, 1.54) is 12.1 Å². The molecule has 3 N–H and O–H groups in total. The lowest BCUT2D eigenvalue weighted by atomic mass is 10.1. The number of nitrogens with zero attached hydrogens (tertiary/aromatic N) is 3. The molecular formula is C16H21FIN5. The van der Waals surface area contributed by atoms with E-state index in [0.29, 0.717) is 12.4 Å². The fourth-order valence-corrected chi connectivity index (χ4v) is 2.07. The number of guanidine groups is 1. The van der Waals surface area contributed by atoms with Crippen LogP contribution in [-0.4, -0.2) is 36.5 Å². The number of aliphatic imine (C=N–C) groups is 1. The Labute approximate surface area is 152 Å². The van der Waals surface area contributed by atoms with E-state index in [2.05, 4.69) is 15.3 Å². The van der Waals surface area contributed by atoms with Crippen molar-refractivity contribution in [1.29, 1.82) is 0 Å². The number of likely N-dealkylation sites (N-methyl/N-ethyl adjacent to an activating group) is 1. The van der Waals surface area contributed by atoms with Crippen molar-refractivity contribution in [3.05, 3.63) is 60.0 Å². The number of pyridine rings is 1. The Hall–Kier alpha value is -1.74. The first-order valence-electron chi connectivity index (χ1n) is 6.96. The van der Waals surface area contributed by atoms with Gasteiger partial charge in [0, 0.05) is 6.20 Å². The van der Waals surface area contributed by atoms with E-state index in [1.54, 1.807) is 18.3 Å². The van der Waals surface area contributed by atoms with Gasteiger partial charge in [0.25, 0.3) is 0 Å². The van der Waals surface area contributed by atoms with Crippen LogP contribution < -0.4 is 11.1 Å². The number of hydrogen-bond donors (Lipinski definition) is 2. The maximum atomic E-state index is 13.4. The number of hydrogen-bond acceptors (Lipinski definition) is 3. The Morgan fingerprint density at radius 2 is 2.09 bits per heavy atom. The molecule has 0 aliphatic rings. The van der Waals surface area contributed by atoms with E-state index in [1.807, 2.05) is 37.2 Å². The highest BCUT2D eigenvalue weighted by atomic mass is 127. The van der Waals surface area contributed by atoms with Crippen LogP contribution >= 0.6 is 24.0 Å². The zero-order chi connectivity index (χ0) is 15.9.